The quantitative estimate of drug-likeness (QED) is 0.583. The summed E-state index contributed by atoms with van der Waals surface area (Å²) in [6, 6.07) is 1.68. The number of methoxy groups -OCH3 is 1. The van der Waals surface area contributed by atoms with Crippen LogP contribution in [-0.4, -0.2) is 19.0 Å². The number of carbonyl (C=O) groups excluding carboxylic acids is 2. The first-order valence-electron chi connectivity index (χ1n) is 4.80. The molecule has 4 nitrogen and oxygen atoms in total. The average Bonchev–Trinajstić information content (AvgIpc) is 2.61. The number of esters is 2. The average molecular weight is 242 g/mol. The van der Waals surface area contributed by atoms with Crippen molar-refractivity contribution in [2.24, 2.45) is 0 Å². The van der Waals surface area contributed by atoms with Crippen LogP contribution in [0, 0.1) is 11.6 Å². The highest BCUT2D eigenvalue weighted by Crippen LogP contribution is 2.35. The number of benzene rings is 1. The summed E-state index contributed by atoms with van der Waals surface area (Å²) in [4.78, 5) is 22.3. The van der Waals surface area contributed by atoms with Crippen LogP contribution in [-0.2, 0) is 14.3 Å². The summed E-state index contributed by atoms with van der Waals surface area (Å²) in [5.41, 5.74) is 0.113. The summed E-state index contributed by atoms with van der Waals surface area (Å²) in [5, 5.41) is 0. The molecular weight excluding hydrogens is 234 g/mol. The van der Waals surface area contributed by atoms with E-state index >= 15 is 0 Å². The van der Waals surface area contributed by atoms with Crippen LogP contribution in [0.3, 0.4) is 0 Å². The fraction of sp³-hybridized carbons (Fsp3) is 0.273. The molecule has 6 heteroatoms. The summed E-state index contributed by atoms with van der Waals surface area (Å²) >= 11 is 0. The molecule has 0 N–H and O–H groups in total. The lowest BCUT2D eigenvalue weighted by atomic mass is 9.96. The predicted molar refractivity (Wildman–Crippen MR) is 51.4 cm³/mol. The lowest BCUT2D eigenvalue weighted by molar-refractivity contribution is -0.152. The molecule has 0 saturated carbocycles. The third kappa shape index (κ3) is 1.98. The maximum Gasteiger partial charge on any atom is 0.321 e. The van der Waals surface area contributed by atoms with E-state index in [1.807, 2.05) is 0 Å². The fourth-order valence-electron chi connectivity index (χ4n) is 1.70. The van der Waals surface area contributed by atoms with Crippen LogP contribution < -0.4 is 4.74 Å². The molecule has 0 spiro atoms. The van der Waals surface area contributed by atoms with E-state index in [0.717, 1.165) is 12.1 Å². The Labute approximate surface area is 95.1 Å². The van der Waals surface area contributed by atoms with Crippen molar-refractivity contribution in [2.75, 3.05) is 7.11 Å². The van der Waals surface area contributed by atoms with Crippen molar-refractivity contribution in [2.45, 2.75) is 12.3 Å². The van der Waals surface area contributed by atoms with Gasteiger partial charge in [0.25, 0.3) is 0 Å². The van der Waals surface area contributed by atoms with E-state index in [9.17, 15) is 18.4 Å². The first-order chi connectivity index (χ1) is 8.02. The summed E-state index contributed by atoms with van der Waals surface area (Å²) in [6.07, 6.45) is -0.194. The minimum Gasteiger partial charge on any atom is -0.496 e. The largest absolute Gasteiger partial charge is 0.496 e. The van der Waals surface area contributed by atoms with Crippen LogP contribution in [0.2, 0.25) is 0 Å². The number of cyclic esters (lactones) is 2. The smallest absolute Gasteiger partial charge is 0.321 e. The fourth-order valence-corrected chi connectivity index (χ4v) is 1.70. The second-order valence-electron chi connectivity index (χ2n) is 3.56. The van der Waals surface area contributed by atoms with E-state index in [1.54, 1.807) is 0 Å². The number of carbonyl (C=O) groups is 2. The first-order valence-corrected chi connectivity index (χ1v) is 4.80. The molecule has 1 aliphatic rings. The highest BCUT2D eigenvalue weighted by Gasteiger charge is 2.37. The number of hydrogen-bond donors (Lipinski definition) is 0. The minimum atomic E-state index is -1.10. The van der Waals surface area contributed by atoms with Gasteiger partial charge in [0.05, 0.1) is 19.4 Å². The van der Waals surface area contributed by atoms with Gasteiger partial charge in [-0.2, -0.15) is 0 Å². The van der Waals surface area contributed by atoms with Crippen molar-refractivity contribution in [1.29, 1.82) is 0 Å². The lowest BCUT2D eigenvalue weighted by Gasteiger charge is -2.11. The molecule has 0 aliphatic carbocycles. The minimum absolute atomic E-state index is 0.0144. The number of hydrogen-bond acceptors (Lipinski definition) is 4. The van der Waals surface area contributed by atoms with Crippen LogP contribution in [0.4, 0.5) is 8.78 Å². The van der Waals surface area contributed by atoms with Crippen molar-refractivity contribution in [3.05, 3.63) is 29.3 Å². The van der Waals surface area contributed by atoms with Gasteiger partial charge >= 0.3 is 11.9 Å². The molecule has 1 atom stereocenters. The molecule has 17 heavy (non-hydrogen) atoms. The molecule has 1 aromatic rings. The summed E-state index contributed by atoms with van der Waals surface area (Å²) in [6.45, 7) is 0. The number of rotatable bonds is 2. The monoisotopic (exact) mass is 242 g/mol. The Morgan fingerprint density at radius 1 is 1.29 bits per heavy atom. The Balaban J connectivity index is 2.47. The van der Waals surface area contributed by atoms with Crippen molar-refractivity contribution >= 4 is 11.9 Å². The van der Waals surface area contributed by atoms with Crippen LogP contribution in [0.15, 0.2) is 12.1 Å². The Bertz CT molecular complexity index is 498. The zero-order valence-electron chi connectivity index (χ0n) is 8.83. The van der Waals surface area contributed by atoms with E-state index in [1.165, 1.54) is 7.11 Å². The summed E-state index contributed by atoms with van der Waals surface area (Å²) < 4.78 is 35.3. The third-order valence-electron chi connectivity index (χ3n) is 2.52. The van der Waals surface area contributed by atoms with Gasteiger partial charge in [-0.1, -0.05) is 0 Å². The topological polar surface area (TPSA) is 52.6 Å². The molecule has 2 rings (SSSR count). The van der Waals surface area contributed by atoms with Gasteiger partial charge in [-0.25, -0.2) is 8.78 Å². The van der Waals surface area contributed by atoms with Crippen LogP contribution in [0.5, 0.6) is 5.75 Å². The molecule has 1 aliphatic heterocycles. The van der Waals surface area contributed by atoms with Crippen molar-refractivity contribution in [3.63, 3.8) is 0 Å². The normalized spacial score (nSPS) is 19.4. The standard InChI is InChI=1S/C11H8F2O4/c1-16-9-4-8(13)7(12)2-5(9)6-3-10(14)17-11(6)15/h2,4,6H,3H2,1H3. The first kappa shape index (κ1) is 11.5. The van der Waals surface area contributed by atoms with Crippen LogP contribution in [0.25, 0.3) is 0 Å². The second-order valence-corrected chi connectivity index (χ2v) is 3.56. The zero-order chi connectivity index (χ0) is 12.6. The summed E-state index contributed by atoms with van der Waals surface area (Å²) in [5.74, 6) is -4.57. The Hall–Kier alpha value is -1.98. The zero-order valence-corrected chi connectivity index (χ0v) is 8.83. The molecule has 1 unspecified atom stereocenters. The number of ether oxygens (including phenoxy) is 2. The molecule has 0 radical (unpaired) electrons. The molecule has 90 valence electrons. The van der Waals surface area contributed by atoms with Crippen molar-refractivity contribution < 1.29 is 27.8 Å². The van der Waals surface area contributed by atoms with E-state index in [0.29, 0.717) is 0 Å². The molecule has 1 saturated heterocycles. The van der Waals surface area contributed by atoms with Crippen LogP contribution in [0.1, 0.15) is 17.9 Å². The highest BCUT2D eigenvalue weighted by molar-refractivity contribution is 5.98. The SMILES string of the molecule is COc1cc(F)c(F)cc1C1CC(=O)OC1=O. The molecule has 1 fully saturated rings. The molecule has 0 aromatic heterocycles. The van der Waals surface area contributed by atoms with Crippen LogP contribution >= 0.6 is 0 Å². The maximum absolute atomic E-state index is 13.1. The van der Waals surface area contributed by atoms with Gasteiger partial charge in [0.2, 0.25) is 0 Å². The van der Waals surface area contributed by atoms with Gasteiger partial charge in [0.15, 0.2) is 11.6 Å². The van der Waals surface area contributed by atoms with Gasteiger partial charge in [0, 0.05) is 11.6 Å². The Morgan fingerprint density at radius 2 is 1.94 bits per heavy atom. The predicted octanol–water partition coefficient (Wildman–Crippen LogP) is 1.53. The second kappa shape index (κ2) is 4.12. The van der Waals surface area contributed by atoms with E-state index < -0.39 is 29.5 Å². The Kier molecular flexibility index (Phi) is 2.79. The molecule has 1 aromatic carbocycles. The molecular formula is C11H8F2O4. The highest BCUT2D eigenvalue weighted by atomic mass is 19.2. The van der Waals surface area contributed by atoms with Gasteiger partial charge in [0.1, 0.15) is 5.75 Å². The summed E-state index contributed by atoms with van der Waals surface area (Å²) in [7, 11) is 1.26. The van der Waals surface area contributed by atoms with Crippen molar-refractivity contribution in [3.8, 4) is 5.75 Å². The van der Waals surface area contributed by atoms with Gasteiger partial charge in [-0.3, -0.25) is 9.59 Å². The molecule has 0 amide bonds. The number of halogens is 2. The Morgan fingerprint density at radius 3 is 2.47 bits per heavy atom. The maximum atomic E-state index is 13.1. The van der Waals surface area contributed by atoms with Crippen molar-refractivity contribution in [1.82, 2.24) is 0 Å². The van der Waals surface area contributed by atoms with E-state index in [2.05, 4.69) is 4.74 Å². The van der Waals surface area contributed by atoms with E-state index in [4.69, 9.17) is 4.74 Å². The van der Waals surface area contributed by atoms with Gasteiger partial charge in [-0.15, -0.1) is 0 Å². The molecule has 1 heterocycles. The lowest BCUT2D eigenvalue weighted by Crippen LogP contribution is -2.08. The van der Waals surface area contributed by atoms with E-state index in [-0.39, 0.29) is 17.7 Å². The van der Waals surface area contributed by atoms with Gasteiger partial charge in [-0.05, 0) is 6.07 Å². The van der Waals surface area contributed by atoms with Gasteiger partial charge < -0.3 is 9.47 Å². The molecule has 0 bridgehead atoms. The third-order valence-corrected chi connectivity index (χ3v) is 2.52.